The first-order valence-corrected chi connectivity index (χ1v) is 14.2. The Kier molecular flexibility index (Phi) is 7.35. The van der Waals surface area contributed by atoms with Gasteiger partial charge in [-0.2, -0.15) is 10.4 Å². The lowest BCUT2D eigenvalue weighted by Crippen LogP contribution is -2.26. The Hall–Kier alpha value is -4.79. The van der Waals surface area contributed by atoms with E-state index in [0.717, 1.165) is 12.1 Å². The van der Waals surface area contributed by atoms with E-state index >= 15 is 0 Å². The summed E-state index contributed by atoms with van der Waals surface area (Å²) in [5, 5.41) is 15.5. The van der Waals surface area contributed by atoms with Crippen LogP contribution in [0.2, 0.25) is 0 Å². The third kappa shape index (κ3) is 5.06. The number of nitrogens with zero attached hydrogens (tertiary/aromatic N) is 3. The second-order valence-electron chi connectivity index (χ2n) is 11.5. The van der Waals surface area contributed by atoms with Gasteiger partial charge in [-0.05, 0) is 59.8 Å². The number of nitriles is 1. The van der Waals surface area contributed by atoms with E-state index in [2.05, 4.69) is 44.8 Å². The summed E-state index contributed by atoms with van der Waals surface area (Å²) in [7, 11) is 1.54. The zero-order valence-electron chi connectivity index (χ0n) is 24.1. The van der Waals surface area contributed by atoms with Crippen molar-refractivity contribution in [2.24, 2.45) is 18.9 Å². The van der Waals surface area contributed by atoms with Crippen LogP contribution in [0.25, 0.3) is 11.1 Å². The number of halogens is 4. The summed E-state index contributed by atoms with van der Waals surface area (Å²) in [5.41, 5.74) is 3.98. The Morgan fingerprint density at radius 2 is 1.86 bits per heavy atom. The highest BCUT2D eigenvalue weighted by Gasteiger charge is 2.48. The Balaban J connectivity index is 0.000000167. The van der Waals surface area contributed by atoms with E-state index in [-0.39, 0.29) is 17.1 Å². The van der Waals surface area contributed by atoms with Crippen molar-refractivity contribution in [3.8, 4) is 28.7 Å². The van der Waals surface area contributed by atoms with Crippen molar-refractivity contribution in [3.05, 3.63) is 82.9 Å². The van der Waals surface area contributed by atoms with Crippen LogP contribution in [0, 0.1) is 23.2 Å². The first-order chi connectivity index (χ1) is 21.0. The van der Waals surface area contributed by atoms with Crippen LogP contribution in [-0.4, -0.2) is 27.0 Å². The molecule has 228 valence electrons. The number of hydrogen-bond donors (Lipinski definition) is 2. The zero-order chi connectivity index (χ0) is 31.3. The number of carbonyl (C=O) groups is 1. The molecule has 1 fully saturated rings. The molecule has 4 aromatic rings. The Bertz CT molecular complexity index is 1770. The normalized spacial score (nSPS) is 20.3. The molecule has 2 aliphatic carbocycles. The fourth-order valence-corrected chi connectivity index (χ4v) is 6.97. The van der Waals surface area contributed by atoms with Crippen LogP contribution in [0.15, 0.2) is 55.0 Å². The molecule has 8 nitrogen and oxygen atoms in total. The second kappa shape index (κ2) is 11.0. The predicted molar refractivity (Wildman–Crippen MR) is 153 cm³/mol. The summed E-state index contributed by atoms with van der Waals surface area (Å²) in [6.07, 6.45) is 0.264. The molecule has 1 amide bonds. The number of H-pyrrole nitrogens is 1. The minimum atomic E-state index is -3.67. The van der Waals surface area contributed by atoms with Crippen molar-refractivity contribution in [1.82, 2.24) is 14.8 Å². The molecule has 0 saturated heterocycles. The number of hydrogen-bond acceptors (Lipinski definition) is 5. The molecule has 0 spiro atoms. The number of ether oxygens (including phenoxy) is 2. The van der Waals surface area contributed by atoms with E-state index in [1.165, 1.54) is 47.7 Å². The van der Waals surface area contributed by atoms with Crippen LogP contribution in [-0.2, 0) is 7.05 Å². The van der Waals surface area contributed by atoms with Crippen molar-refractivity contribution in [2.75, 3.05) is 5.32 Å². The number of aromatic amines is 1. The van der Waals surface area contributed by atoms with Crippen LogP contribution in [0.4, 0.5) is 23.2 Å². The quantitative estimate of drug-likeness (QED) is 0.226. The molecular weight excluding hydrogens is 578 g/mol. The standard InChI is InChI=1S/C20H23F2N3O.C12H6F2N2O2/c1-10(2)16-12-7-8-13(16)17-11(12)5-4-6-15(17)23-20(26)14-9-25(3)24-18(14)19(21)22;13-12(14)17-10-3-1-2-8(11(10)18-12)9-6-16-5-7(9)4-15/h4-6,9-10,12-13,16,19H,7-8H2,1-3H3,(H,23,26);1-3,5-6,16H/t12-,13-,16?;/m0./s1. The van der Waals surface area contributed by atoms with E-state index < -0.39 is 24.3 Å². The number of carbonyl (C=O) groups excluding carboxylic acids is 1. The SMILES string of the molecule is CC(C)C1[C@@H]2CC[C@H]1c1cccc(NC(=O)c3cn(C)nc3C(F)F)c12.N#Cc1c[nH]cc1-c1cccc2c1OC(F)(F)O2. The van der Waals surface area contributed by atoms with Crippen molar-refractivity contribution in [1.29, 1.82) is 5.26 Å². The summed E-state index contributed by atoms with van der Waals surface area (Å²) in [5.74, 6) is 1.54. The average Bonchev–Trinajstić information content (AvgIpc) is 3.79. The Morgan fingerprint density at radius 1 is 1.11 bits per heavy atom. The fourth-order valence-electron chi connectivity index (χ4n) is 6.97. The number of aryl methyl sites for hydroxylation is 1. The predicted octanol–water partition coefficient (Wildman–Crippen LogP) is 7.73. The largest absolute Gasteiger partial charge is 0.586 e. The van der Waals surface area contributed by atoms with Gasteiger partial charge in [-0.3, -0.25) is 9.48 Å². The van der Waals surface area contributed by atoms with Crippen LogP contribution in [0.5, 0.6) is 11.5 Å². The molecule has 1 saturated carbocycles. The maximum atomic E-state index is 13.2. The van der Waals surface area contributed by atoms with Gasteiger partial charge in [0, 0.05) is 42.5 Å². The van der Waals surface area contributed by atoms with Crippen molar-refractivity contribution in [2.45, 2.75) is 51.2 Å². The van der Waals surface area contributed by atoms with Gasteiger partial charge < -0.3 is 19.8 Å². The topological polar surface area (TPSA) is 105 Å². The van der Waals surface area contributed by atoms with Crippen LogP contribution < -0.4 is 14.8 Å². The second-order valence-corrected chi connectivity index (χ2v) is 11.5. The number of alkyl halides is 4. The molecule has 3 aliphatic rings. The highest BCUT2D eigenvalue weighted by molar-refractivity contribution is 6.05. The molecule has 2 bridgehead atoms. The van der Waals surface area contributed by atoms with Crippen LogP contribution in [0.3, 0.4) is 0 Å². The van der Waals surface area contributed by atoms with Crippen molar-refractivity contribution < 1.29 is 31.8 Å². The molecule has 1 unspecified atom stereocenters. The van der Waals surface area contributed by atoms with Gasteiger partial charge in [0.15, 0.2) is 11.5 Å². The van der Waals surface area contributed by atoms with E-state index in [1.807, 2.05) is 18.2 Å². The molecule has 3 heterocycles. The van der Waals surface area contributed by atoms with E-state index in [0.29, 0.717) is 40.4 Å². The third-order valence-corrected chi connectivity index (χ3v) is 8.54. The van der Waals surface area contributed by atoms with Gasteiger partial charge in [0.05, 0.1) is 11.1 Å². The number of fused-ring (bicyclic) bond motifs is 6. The summed E-state index contributed by atoms with van der Waals surface area (Å²) in [4.78, 5) is 15.4. The highest BCUT2D eigenvalue weighted by Crippen LogP contribution is 2.61. The summed E-state index contributed by atoms with van der Waals surface area (Å²) in [6, 6.07) is 12.5. The average molecular weight is 608 g/mol. The van der Waals surface area contributed by atoms with E-state index in [4.69, 9.17) is 5.26 Å². The minimum absolute atomic E-state index is 0.0393. The lowest BCUT2D eigenvalue weighted by Gasteiger charge is -2.21. The monoisotopic (exact) mass is 607 g/mol. The number of anilines is 1. The number of nitrogens with one attached hydrogen (secondary N) is 2. The third-order valence-electron chi connectivity index (χ3n) is 8.54. The van der Waals surface area contributed by atoms with Gasteiger partial charge in [0.1, 0.15) is 11.8 Å². The molecule has 3 atom stereocenters. The maximum absolute atomic E-state index is 13.2. The molecule has 2 aromatic heterocycles. The molecule has 1 aliphatic heterocycles. The molecule has 2 aromatic carbocycles. The van der Waals surface area contributed by atoms with Gasteiger partial charge in [-0.25, -0.2) is 8.78 Å². The molecular formula is C32H29F4N5O3. The van der Waals surface area contributed by atoms with Gasteiger partial charge in [-0.1, -0.05) is 38.1 Å². The number of para-hydroxylation sites is 1. The number of aromatic nitrogens is 3. The molecule has 44 heavy (non-hydrogen) atoms. The first-order valence-electron chi connectivity index (χ1n) is 14.2. The number of amides is 1. The zero-order valence-corrected chi connectivity index (χ0v) is 24.1. The van der Waals surface area contributed by atoms with E-state index in [1.54, 1.807) is 18.3 Å². The number of rotatable bonds is 5. The smallest absolute Gasteiger partial charge is 0.395 e. The Morgan fingerprint density at radius 3 is 2.59 bits per heavy atom. The summed E-state index contributed by atoms with van der Waals surface area (Å²) < 4.78 is 62.5. The van der Waals surface area contributed by atoms with Crippen molar-refractivity contribution >= 4 is 11.6 Å². The maximum Gasteiger partial charge on any atom is 0.586 e. The van der Waals surface area contributed by atoms with E-state index in [9.17, 15) is 22.4 Å². The van der Waals surface area contributed by atoms with Gasteiger partial charge in [0.25, 0.3) is 12.3 Å². The summed E-state index contributed by atoms with van der Waals surface area (Å²) in [6.45, 7) is 4.51. The van der Waals surface area contributed by atoms with Gasteiger partial charge in [-0.15, -0.1) is 8.78 Å². The lowest BCUT2D eigenvalue weighted by molar-refractivity contribution is -0.286. The molecule has 2 N–H and O–H groups in total. The number of benzene rings is 2. The summed E-state index contributed by atoms with van der Waals surface area (Å²) >= 11 is 0. The molecule has 12 heteroatoms. The minimum Gasteiger partial charge on any atom is -0.395 e. The fraction of sp³-hybridized carbons (Fsp3) is 0.344. The highest BCUT2D eigenvalue weighted by atomic mass is 19.3. The Labute approximate surface area is 250 Å². The van der Waals surface area contributed by atoms with Gasteiger partial charge in [0.2, 0.25) is 0 Å². The van der Waals surface area contributed by atoms with Crippen LogP contribution >= 0.6 is 0 Å². The first kappa shape index (κ1) is 29.3. The van der Waals surface area contributed by atoms with Crippen molar-refractivity contribution in [3.63, 3.8) is 0 Å². The molecule has 7 rings (SSSR count). The van der Waals surface area contributed by atoms with Crippen LogP contribution in [0.1, 0.15) is 77.7 Å². The van der Waals surface area contributed by atoms with Gasteiger partial charge >= 0.3 is 6.29 Å². The lowest BCUT2D eigenvalue weighted by atomic mass is 9.85. The molecule has 0 radical (unpaired) electrons.